The molecule has 0 fully saturated rings. The van der Waals surface area contributed by atoms with Gasteiger partial charge in [-0.1, -0.05) is 36.4 Å². The number of nitriles is 1. The highest BCUT2D eigenvalue weighted by Crippen LogP contribution is 2.26. The Labute approximate surface area is 158 Å². The molecule has 2 aromatic heterocycles. The Balaban J connectivity index is 1.67. The number of anilines is 1. The molecular weight excluding hydrogens is 358 g/mol. The molecule has 1 N–H and O–H groups in total. The zero-order chi connectivity index (χ0) is 18.6. The predicted octanol–water partition coefficient (Wildman–Crippen LogP) is 4.89. The van der Waals surface area contributed by atoms with Crippen LogP contribution >= 0.6 is 11.3 Å². The Hall–Kier alpha value is -3.69. The lowest BCUT2D eigenvalue weighted by Gasteiger charge is -2.00. The van der Waals surface area contributed by atoms with Crippen molar-refractivity contribution in [2.45, 2.75) is 0 Å². The van der Waals surface area contributed by atoms with Crippen LogP contribution in [0.15, 0.2) is 81.5 Å². The Morgan fingerprint density at radius 3 is 2.74 bits per heavy atom. The van der Waals surface area contributed by atoms with Crippen molar-refractivity contribution >= 4 is 33.6 Å². The van der Waals surface area contributed by atoms with Crippen molar-refractivity contribution in [3.05, 3.63) is 87.7 Å². The average molecular weight is 371 g/mol. The van der Waals surface area contributed by atoms with Gasteiger partial charge in [-0.25, -0.2) is 9.78 Å². The van der Waals surface area contributed by atoms with Crippen LogP contribution in [0.3, 0.4) is 0 Å². The lowest BCUT2D eigenvalue weighted by Crippen LogP contribution is -2.02. The van der Waals surface area contributed by atoms with Gasteiger partial charge < -0.3 is 9.73 Å². The molecule has 27 heavy (non-hydrogen) atoms. The molecule has 0 atom stereocenters. The van der Waals surface area contributed by atoms with E-state index in [4.69, 9.17) is 4.42 Å². The molecule has 0 saturated heterocycles. The molecule has 2 aromatic carbocycles. The SMILES string of the molecule is N#C/C(=C/Nc1ccccc1)c1nc(-c2cc3ccccc3oc2=O)cs1. The summed E-state index contributed by atoms with van der Waals surface area (Å²) in [5, 5.41) is 15.6. The van der Waals surface area contributed by atoms with Crippen LogP contribution in [-0.4, -0.2) is 4.98 Å². The zero-order valence-electron chi connectivity index (χ0n) is 14.0. The van der Waals surface area contributed by atoms with Crippen LogP contribution in [0.2, 0.25) is 0 Å². The van der Waals surface area contributed by atoms with Crippen LogP contribution in [0.5, 0.6) is 0 Å². The molecule has 0 unspecified atom stereocenters. The van der Waals surface area contributed by atoms with Crippen LogP contribution in [0, 0.1) is 11.3 Å². The molecule has 0 amide bonds. The van der Waals surface area contributed by atoms with E-state index >= 15 is 0 Å². The third-order valence-electron chi connectivity index (χ3n) is 3.93. The van der Waals surface area contributed by atoms with Gasteiger partial charge in [-0.05, 0) is 24.3 Å². The standard InChI is InChI=1S/C21H13N3O2S/c22-11-15(12-23-16-7-2-1-3-8-16)20-24-18(13-27-20)17-10-14-6-4-5-9-19(14)26-21(17)25/h1-10,12-13,23H/b15-12-. The van der Waals surface area contributed by atoms with Gasteiger partial charge in [0, 0.05) is 22.7 Å². The highest BCUT2D eigenvalue weighted by molar-refractivity contribution is 7.11. The summed E-state index contributed by atoms with van der Waals surface area (Å²) >= 11 is 1.30. The number of thiazole rings is 1. The maximum atomic E-state index is 12.3. The summed E-state index contributed by atoms with van der Waals surface area (Å²) in [5.41, 5.74) is 2.22. The summed E-state index contributed by atoms with van der Waals surface area (Å²) in [5.74, 6) is 0. The molecule has 130 valence electrons. The highest BCUT2D eigenvalue weighted by atomic mass is 32.1. The van der Waals surface area contributed by atoms with E-state index in [2.05, 4.69) is 16.4 Å². The van der Waals surface area contributed by atoms with E-state index < -0.39 is 5.63 Å². The Morgan fingerprint density at radius 2 is 1.93 bits per heavy atom. The lowest BCUT2D eigenvalue weighted by atomic mass is 10.1. The number of benzene rings is 2. The number of nitrogens with one attached hydrogen (secondary N) is 1. The first kappa shape index (κ1) is 16.8. The van der Waals surface area contributed by atoms with E-state index in [0.717, 1.165) is 11.1 Å². The fraction of sp³-hybridized carbons (Fsp3) is 0. The fourth-order valence-electron chi connectivity index (χ4n) is 2.59. The maximum absolute atomic E-state index is 12.3. The van der Waals surface area contributed by atoms with E-state index in [1.54, 1.807) is 23.7 Å². The van der Waals surface area contributed by atoms with Crippen LogP contribution in [0.1, 0.15) is 5.01 Å². The predicted molar refractivity (Wildman–Crippen MR) is 107 cm³/mol. The van der Waals surface area contributed by atoms with Crippen molar-refractivity contribution in [1.82, 2.24) is 4.98 Å². The molecular formula is C21H13N3O2S. The Bertz CT molecular complexity index is 1230. The molecule has 6 heteroatoms. The summed E-state index contributed by atoms with van der Waals surface area (Å²) < 4.78 is 5.37. The van der Waals surface area contributed by atoms with Crippen molar-refractivity contribution < 1.29 is 4.42 Å². The van der Waals surface area contributed by atoms with Gasteiger partial charge >= 0.3 is 5.63 Å². The quantitative estimate of drug-likeness (QED) is 0.408. The van der Waals surface area contributed by atoms with Gasteiger partial charge in [0.2, 0.25) is 0 Å². The largest absolute Gasteiger partial charge is 0.422 e. The van der Waals surface area contributed by atoms with Crippen LogP contribution in [0.25, 0.3) is 27.8 Å². The molecule has 0 spiro atoms. The summed E-state index contributed by atoms with van der Waals surface area (Å²) in [4.78, 5) is 16.8. The molecule has 0 bridgehead atoms. The summed E-state index contributed by atoms with van der Waals surface area (Å²) in [6.07, 6.45) is 1.61. The number of aromatic nitrogens is 1. The first-order valence-corrected chi connectivity index (χ1v) is 9.03. The zero-order valence-corrected chi connectivity index (χ0v) is 14.9. The molecule has 2 heterocycles. The molecule has 4 aromatic rings. The van der Waals surface area contributed by atoms with E-state index in [1.165, 1.54) is 11.3 Å². The summed E-state index contributed by atoms with van der Waals surface area (Å²) in [6, 6.07) is 20.8. The number of hydrogen-bond acceptors (Lipinski definition) is 6. The topological polar surface area (TPSA) is 78.9 Å². The van der Waals surface area contributed by atoms with Gasteiger partial charge in [0.15, 0.2) is 0 Å². The smallest absolute Gasteiger partial charge is 0.345 e. The first-order chi connectivity index (χ1) is 13.2. The van der Waals surface area contributed by atoms with E-state index in [0.29, 0.717) is 27.4 Å². The molecule has 0 radical (unpaired) electrons. The molecule has 4 rings (SSSR count). The van der Waals surface area contributed by atoms with Crippen molar-refractivity contribution in [2.24, 2.45) is 0 Å². The monoisotopic (exact) mass is 371 g/mol. The van der Waals surface area contributed by atoms with Crippen molar-refractivity contribution in [1.29, 1.82) is 5.26 Å². The van der Waals surface area contributed by atoms with E-state index in [-0.39, 0.29) is 0 Å². The third kappa shape index (κ3) is 3.50. The Morgan fingerprint density at radius 1 is 1.15 bits per heavy atom. The van der Waals surface area contributed by atoms with Gasteiger partial charge in [0.05, 0.1) is 11.3 Å². The van der Waals surface area contributed by atoms with Gasteiger partial charge in [0.25, 0.3) is 0 Å². The van der Waals surface area contributed by atoms with Crippen LogP contribution in [-0.2, 0) is 0 Å². The minimum Gasteiger partial charge on any atom is -0.422 e. The Kier molecular flexibility index (Phi) is 4.52. The van der Waals surface area contributed by atoms with Crippen molar-refractivity contribution in [2.75, 3.05) is 5.32 Å². The number of fused-ring (bicyclic) bond motifs is 1. The average Bonchev–Trinajstić information content (AvgIpc) is 3.18. The third-order valence-corrected chi connectivity index (χ3v) is 4.80. The normalized spacial score (nSPS) is 11.3. The van der Waals surface area contributed by atoms with Crippen LogP contribution < -0.4 is 10.9 Å². The fourth-order valence-corrected chi connectivity index (χ4v) is 3.38. The van der Waals surface area contributed by atoms with Gasteiger partial charge in [-0.2, -0.15) is 5.26 Å². The number of nitrogens with zero attached hydrogens (tertiary/aromatic N) is 2. The minimum atomic E-state index is -0.449. The van der Waals surface area contributed by atoms with Gasteiger partial charge in [0.1, 0.15) is 22.2 Å². The molecule has 0 saturated carbocycles. The summed E-state index contributed by atoms with van der Waals surface area (Å²) in [6.45, 7) is 0. The lowest BCUT2D eigenvalue weighted by molar-refractivity contribution is 0.563. The van der Waals surface area contributed by atoms with Gasteiger partial charge in [-0.15, -0.1) is 11.3 Å². The number of allylic oxidation sites excluding steroid dienone is 1. The number of rotatable bonds is 4. The second-order valence-corrected chi connectivity index (χ2v) is 6.56. The highest BCUT2D eigenvalue weighted by Gasteiger charge is 2.13. The van der Waals surface area contributed by atoms with Crippen molar-refractivity contribution in [3.8, 4) is 17.3 Å². The molecule has 0 aliphatic rings. The first-order valence-electron chi connectivity index (χ1n) is 8.15. The molecule has 0 aliphatic heterocycles. The molecule has 5 nitrogen and oxygen atoms in total. The molecule has 0 aliphatic carbocycles. The van der Waals surface area contributed by atoms with E-state index in [9.17, 15) is 10.1 Å². The summed E-state index contributed by atoms with van der Waals surface area (Å²) in [7, 11) is 0. The van der Waals surface area contributed by atoms with Crippen molar-refractivity contribution in [3.63, 3.8) is 0 Å². The second-order valence-electron chi connectivity index (χ2n) is 5.70. The maximum Gasteiger partial charge on any atom is 0.345 e. The number of hydrogen-bond donors (Lipinski definition) is 1. The van der Waals surface area contributed by atoms with E-state index in [1.807, 2.05) is 48.5 Å². The number of para-hydroxylation sites is 2. The minimum absolute atomic E-state index is 0.379. The van der Waals surface area contributed by atoms with Crippen LogP contribution in [0.4, 0.5) is 5.69 Å². The second kappa shape index (κ2) is 7.28. The van der Waals surface area contributed by atoms with Gasteiger partial charge in [-0.3, -0.25) is 0 Å².